The number of carbonyl (C=O) groups excluding carboxylic acids is 2. The maximum Gasteiger partial charge on any atom is 0.254 e. The summed E-state index contributed by atoms with van der Waals surface area (Å²) >= 11 is 0. The van der Waals surface area contributed by atoms with E-state index in [4.69, 9.17) is 0 Å². The molecule has 3 aromatic rings. The molecule has 1 saturated heterocycles. The molecule has 0 bridgehead atoms. The van der Waals surface area contributed by atoms with E-state index in [0.29, 0.717) is 13.1 Å². The predicted octanol–water partition coefficient (Wildman–Crippen LogP) is 4.02. The van der Waals surface area contributed by atoms with Gasteiger partial charge < -0.3 is 9.80 Å². The van der Waals surface area contributed by atoms with Crippen LogP contribution in [0.4, 0.5) is 5.69 Å². The van der Waals surface area contributed by atoms with Gasteiger partial charge in [-0.1, -0.05) is 11.6 Å². The molecule has 0 unspecified atom stereocenters. The Hall–Kier alpha value is -3.21. The minimum absolute atomic E-state index is 0.0673. The van der Waals surface area contributed by atoms with Crippen LogP contribution in [0.3, 0.4) is 0 Å². The lowest BCUT2D eigenvalue weighted by Crippen LogP contribution is -2.48. The van der Waals surface area contributed by atoms with Crippen LogP contribution in [-0.2, 0) is 0 Å². The second-order valence-electron chi connectivity index (χ2n) is 7.71. The summed E-state index contributed by atoms with van der Waals surface area (Å²) in [4.78, 5) is 33.5. The van der Waals surface area contributed by atoms with Crippen molar-refractivity contribution in [2.75, 3.05) is 31.1 Å². The first-order valence-electron chi connectivity index (χ1n) is 9.95. The number of amides is 1. The summed E-state index contributed by atoms with van der Waals surface area (Å²) in [7, 11) is 0. The van der Waals surface area contributed by atoms with Gasteiger partial charge in [0, 0.05) is 48.5 Å². The van der Waals surface area contributed by atoms with Crippen LogP contribution in [0.5, 0.6) is 0 Å². The van der Waals surface area contributed by atoms with Gasteiger partial charge in [0.15, 0.2) is 5.78 Å². The second kappa shape index (κ2) is 7.66. The van der Waals surface area contributed by atoms with Gasteiger partial charge in [-0.3, -0.25) is 14.6 Å². The highest BCUT2D eigenvalue weighted by molar-refractivity contribution is 6.06. The highest BCUT2D eigenvalue weighted by Crippen LogP contribution is 2.23. The zero-order valence-electron chi connectivity index (χ0n) is 17.1. The van der Waals surface area contributed by atoms with Gasteiger partial charge in [-0.2, -0.15) is 0 Å². The molecular formula is C24H25N3O2. The number of rotatable bonds is 3. The van der Waals surface area contributed by atoms with Crippen LogP contribution in [0.2, 0.25) is 0 Å². The Bertz CT molecular complexity index is 1080. The largest absolute Gasteiger partial charge is 0.368 e. The van der Waals surface area contributed by atoms with Gasteiger partial charge >= 0.3 is 0 Å². The summed E-state index contributed by atoms with van der Waals surface area (Å²) in [6, 6.07) is 15.6. The number of pyridine rings is 1. The zero-order chi connectivity index (χ0) is 20.5. The van der Waals surface area contributed by atoms with Crippen molar-refractivity contribution >= 4 is 28.3 Å². The third-order valence-corrected chi connectivity index (χ3v) is 5.53. The Kier molecular flexibility index (Phi) is 5.05. The summed E-state index contributed by atoms with van der Waals surface area (Å²) in [5.74, 6) is 0.139. The maximum absolute atomic E-state index is 13.3. The van der Waals surface area contributed by atoms with Crippen molar-refractivity contribution in [3.63, 3.8) is 0 Å². The molecule has 148 valence electrons. The number of anilines is 1. The number of benzene rings is 2. The van der Waals surface area contributed by atoms with Crippen molar-refractivity contribution < 1.29 is 9.59 Å². The highest BCUT2D eigenvalue weighted by Gasteiger charge is 2.24. The van der Waals surface area contributed by atoms with Gasteiger partial charge in [0.1, 0.15) is 0 Å². The molecule has 5 nitrogen and oxygen atoms in total. The van der Waals surface area contributed by atoms with Crippen LogP contribution >= 0.6 is 0 Å². The molecule has 0 saturated carbocycles. The number of nitrogens with zero attached hydrogens (tertiary/aromatic N) is 3. The van der Waals surface area contributed by atoms with Crippen molar-refractivity contribution in [1.82, 2.24) is 9.88 Å². The molecule has 0 radical (unpaired) electrons. The molecule has 1 aliphatic rings. The number of aromatic nitrogens is 1. The van der Waals surface area contributed by atoms with Crippen LogP contribution in [0.1, 0.15) is 38.9 Å². The first-order chi connectivity index (χ1) is 13.9. The van der Waals surface area contributed by atoms with Gasteiger partial charge in [-0.25, -0.2) is 0 Å². The van der Waals surface area contributed by atoms with Crippen molar-refractivity contribution in [2.24, 2.45) is 0 Å². The Morgan fingerprint density at radius 2 is 1.59 bits per heavy atom. The average Bonchev–Trinajstić information content (AvgIpc) is 2.73. The van der Waals surface area contributed by atoms with Crippen LogP contribution in [0, 0.1) is 13.8 Å². The summed E-state index contributed by atoms with van der Waals surface area (Å²) in [5.41, 5.74) is 5.38. The fourth-order valence-electron chi connectivity index (χ4n) is 3.89. The molecule has 1 aromatic heterocycles. The lowest BCUT2D eigenvalue weighted by atomic mass is 10.0. The topological polar surface area (TPSA) is 53.5 Å². The molecule has 1 fully saturated rings. The third kappa shape index (κ3) is 3.86. The smallest absolute Gasteiger partial charge is 0.254 e. The number of piperazine rings is 1. The Labute approximate surface area is 171 Å². The summed E-state index contributed by atoms with van der Waals surface area (Å²) < 4.78 is 0. The fourth-order valence-corrected chi connectivity index (χ4v) is 3.89. The number of hydrogen-bond acceptors (Lipinski definition) is 4. The molecule has 2 aromatic carbocycles. The molecule has 0 N–H and O–H groups in total. The fraction of sp³-hybridized carbons (Fsp3) is 0.292. The average molecular weight is 387 g/mol. The second-order valence-corrected chi connectivity index (χ2v) is 7.71. The van der Waals surface area contributed by atoms with E-state index in [-0.39, 0.29) is 11.7 Å². The van der Waals surface area contributed by atoms with Gasteiger partial charge in [0.2, 0.25) is 0 Å². The highest BCUT2D eigenvalue weighted by atomic mass is 16.2. The Morgan fingerprint density at radius 1 is 0.897 bits per heavy atom. The van der Waals surface area contributed by atoms with E-state index in [1.807, 2.05) is 67.3 Å². The number of ketones is 1. The predicted molar refractivity (Wildman–Crippen MR) is 116 cm³/mol. The standard InChI is InChI=1S/C24H25N3O2/c1-16-4-9-23-21(14-16)22(15-17(2)25-23)24(29)27-12-10-26(11-13-27)20-7-5-19(6-8-20)18(3)28/h4-9,14-15H,10-13H2,1-3H3. The normalized spacial score (nSPS) is 14.3. The quantitative estimate of drug-likeness (QED) is 0.637. The van der Waals surface area contributed by atoms with Crippen molar-refractivity contribution in [1.29, 1.82) is 0 Å². The molecule has 1 aliphatic heterocycles. The number of hydrogen-bond donors (Lipinski definition) is 0. The lowest BCUT2D eigenvalue weighted by Gasteiger charge is -2.36. The minimum Gasteiger partial charge on any atom is -0.368 e. The summed E-state index contributed by atoms with van der Waals surface area (Å²) in [6.07, 6.45) is 0. The van der Waals surface area contributed by atoms with Crippen LogP contribution in [0.25, 0.3) is 10.9 Å². The molecular weight excluding hydrogens is 362 g/mol. The van der Waals surface area contributed by atoms with Gasteiger partial charge in [-0.15, -0.1) is 0 Å². The van der Waals surface area contributed by atoms with Crippen LogP contribution in [-0.4, -0.2) is 47.8 Å². The van der Waals surface area contributed by atoms with Crippen LogP contribution in [0.15, 0.2) is 48.5 Å². The summed E-state index contributed by atoms with van der Waals surface area (Å²) in [6.45, 7) is 8.41. The lowest BCUT2D eigenvalue weighted by molar-refractivity contribution is 0.0748. The first-order valence-corrected chi connectivity index (χ1v) is 9.95. The van der Waals surface area contributed by atoms with E-state index in [2.05, 4.69) is 9.88 Å². The molecule has 0 aliphatic carbocycles. The van der Waals surface area contributed by atoms with Gasteiger partial charge in [0.25, 0.3) is 5.91 Å². The zero-order valence-corrected chi connectivity index (χ0v) is 17.1. The number of fused-ring (bicyclic) bond motifs is 1. The van der Waals surface area contributed by atoms with Gasteiger partial charge in [-0.05, 0) is 63.2 Å². The van der Waals surface area contributed by atoms with E-state index in [1.165, 1.54) is 0 Å². The van der Waals surface area contributed by atoms with Crippen molar-refractivity contribution in [2.45, 2.75) is 20.8 Å². The molecule has 0 spiro atoms. The third-order valence-electron chi connectivity index (χ3n) is 5.53. The van der Waals surface area contributed by atoms with Crippen molar-refractivity contribution in [3.05, 3.63) is 70.9 Å². The van der Waals surface area contributed by atoms with E-state index in [9.17, 15) is 9.59 Å². The van der Waals surface area contributed by atoms with E-state index >= 15 is 0 Å². The molecule has 4 rings (SSSR count). The van der Waals surface area contributed by atoms with Gasteiger partial charge in [0.05, 0.1) is 11.1 Å². The Morgan fingerprint density at radius 3 is 2.24 bits per heavy atom. The SMILES string of the molecule is CC(=O)c1ccc(N2CCN(C(=O)c3cc(C)nc4ccc(C)cc34)CC2)cc1. The molecule has 1 amide bonds. The number of aryl methyl sites for hydroxylation is 2. The monoisotopic (exact) mass is 387 g/mol. The van der Waals surface area contributed by atoms with E-state index in [1.54, 1.807) is 6.92 Å². The molecule has 29 heavy (non-hydrogen) atoms. The van der Waals surface area contributed by atoms with Crippen LogP contribution < -0.4 is 4.90 Å². The minimum atomic E-state index is 0.0673. The van der Waals surface area contributed by atoms with E-state index < -0.39 is 0 Å². The van der Waals surface area contributed by atoms with E-state index in [0.717, 1.165) is 52.1 Å². The number of carbonyl (C=O) groups is 2. The first kappa shape index (κ1) is 19.1. The summed E-state index contributed by atoms with van der Waals surface area (Å²) in [5, 5.41) is 0.919. The molecule has 5 heteroatoms. The molecule has 2 heterocycles. The molecule has 0 atom stereocenters. The maximum atomic E-state index is 13.3. The number of Topliss-reactive ketones (excluding diaryl/α,β-unsaturated/α-hetero) is 1. The van der Waals surface area contributed by atoms with Crippen molar-refractivity contribution in [3.8, 4) is 0 Å². The Balaban J connectivity index is 1.52.